The summed E-state index contributed by atoms with van der Waals surface area (Å²) in [5, 5.41) is 21.0. The molecule has 0 aliphatic heterocycles. The number of benzene rings is 1. The van der Waals surface area contributed by atoms with E-state index in [1.165, 1.54) is 18.0 Å². The molecule has 0 saturated heterocycles. The van der Waals surface area contributed by atoms with Crippen LogP contribution in [-0.4, -0.2) is 28.9 Å². The molecule has 0 atom stereocenters. The summed E-state index contributed by atoms with van der Waals surface area (Å²) in [5.41, 5.74) is 0.655. The van der Waals surface area contributed by atoms with E-state index in [0.29, 0.717) is 32.9 Å². The molecule has 20 heavy (non-hydrogen) atoms. The van der Waals surface area contributed by atoms with E-state index in [9.17, 15) is 0 Å². The van der Waals surface area contributed by atoms with Gasteiger partial charge in [0.05, 0.1) is 16.7 Å². The van der Waals surface area contributed by atoms with Crippen molar-refractivity contribution in [2.75, 3.05) is 12.4 Å². The molecule has 0 aliphatic rings. The second kappa shape index (κ2) is 7.04. The Kier molecular flexibility index (Phi) is 5.37. The number of aliphatic hydroxyl groups excluding tert-OH is 1. The summed E-state index contributed by atoms with van der Waals surface area (Å²) in [6.45, 7) is 0.0718. The number of hydrogen-bond donors (Lipinski definition) is 2. The van der Waals surface area contributed by atoms with E-state index in [2.05, 4.69) is 5.16 Å². The molecule has 2 N–H and O–H groups in total. The maximum Gasteiger partial charge on any atom is 0.149 e. The zero-order valence-corrected chi connectivity index (χ0v) is 12.5. The highest BCUT2D eigenvalue weighted by atomic mass is 35.5. The summed E-state index contributed by atoms with van der Waals surface area (Å²) in [4.78, 5) is 0.804. The molecule has 1 aromatic carbocycles. The van der Waals surface area contributed by atoms with Gasteiger partial charge in [0.2, 0.25) is 0 Å². The van der Waals surface area contributed by atoms with Crippen LogP contribution in [0.25, 0.3) is 11.3 Å². The predicted octanol–water partition coefficient (Wildman–Crippen LogP) is 4.15. The van der Waals surface area contributed by atoms with Gasteiger partial charge in [-0.15, -0.1) is 11.8 Å². The highest BCUT2D eigenvalue weighted by Crippen LogP contribution is 2.40. The van der Waals surface area contributed by atoms with E-state index >= 15 is 0 Å². The van der Waals surface area contributed by atoms with Crippen molar-refractivity contribution in [3.05, 3.63) is 40.1 Å². The van der Waals surface area contributed by atoms with Gasteiger partial charge in [0.25, 0.3) is 0 Å². The van der Waals surface area contributed by atoms with Crippen molar-refractivity contribution >= 4 is 41.2 Å². The van der Waals surface area contributed by atoms with Gasteiger partial charge >= 0.3 is 0 Å². The first kappa shape index (κ1) is 15.3. The van der Waals surface area contributed by atoms with E-state index in [1.807, 2.05) is 6.07 Å². The van der Waals surface area contributed by atoms with Crippen molar-refractivity contribution in [3.63, 3.8) is 0 Å². The van der Waals surface area contributed by atoms with Gasteiger partial charge in [0, 0.05) is 16.2 Å². The number of halogens is 2. The van der Waals surface area contributed by atoms with Crippen LogP contribution >= 0.6 is 35.0 Å². The molecule has 0 saturated carbocycles. The Bertz CT molecular complexity index is 628. The van der Waals surface area contributed by atoms with Crippen molar-refractivity contribution in [2.45, 2.75) is 4.90 Å². The summed E-state index contributed by atoms with van der Waals surface area (Å²) < 4.78 is 5.47. The van der Waals surface area contributed by atoms with Crippen LogP contribution in [-0.2, 0) is 0 Å². The van der Waals surface area contributed by atoms with Gasteiger partial charge in [-0.2, -0.15) is 0 Å². The first-order valence-corrected chi connectivity index (χ1v) is 7.41. The molecule has 7 heteroatoms. The Labute approximate surface area is 130 Å². The Hall–Kier alpha value is -1.14. The molecular formula is C13H11Cl2NO3S. The molecule has 106 valence electrons. The van der Waals surface area contributed by atoms with Crippen LogP contribution < -0.4 is 0 Å². The van der Waals surface area contributed by atoms with Gasteiger partial charge in [-0.1, -0.05) is 28.4 Å². The first-order chi connectivity index (χ1) is 9.67. The second-order valence-electron chi connectivity index (χ2n) is 3.76. The van der Waals surface area contributed by atoms with Crippen LogP contribution in [0, 0.1) is 0 Å². The van der Waals surface area contributed by atoms with Crippen molar-refractivity contribution in [1.29, 1.82) is 0 Å². The maximum atomic E-state index is 8.83. The van der Waals surface area contributed by atoms with Gasteiger partial charge in [-0.25, -0.2) is 0 Å². The third-order valence-electron chi connectivity index (χ3n) is 2.47. The van der Waals surface area contributed by atoms with Gasteiger partial charge in [0.1, 0.15) is 17.7 Å². The number of thioether (sulfide) groups is 1. The van der Waals surface area contributed by atoms with Crippen LogP contribution in [0.1, 0.15) is 5.76 Å². The molecular weight excluding hydrogens is 321 g/mol. The average Bonchev–Trinajstić information content (AvgIpc) is 2.89. The van der Waals surface area contributed by atoms with Crippen LogP contribution in [0.4, 0.5) is 0 Å². The van der Waals surface area contributed by atoms with Crippen LogP contribution in [0.3, 0.4) is 0 Å². The van der Waals surface area contributed by atoms with Crippen molar-refractivity contribution in [3.8, 4) is 11.3 Å². The monoisotopic (exact) mass is 331 g/mol. The van der Waals surface area contributed by atoms with E-state index in [4.69, 9.17) is 37.9 Å². The van der Waals surface area contributed by atoms with Crippen molar-refractivity contribution in [2.24, 2.45) is 5.16 Å². The number of aliphatic hydroxyl groups is 1. The van der Waals surface area contributed by atoms with Gasteiger partial charge in [-0.3, -0.25) is 0 Å². The van der Waals surface area contributed by atoms with Crippen molar-refractivity contribution < 1.29 is 14.7 Å². The molecule has 0 unspecified atom stereocenters. The predicted molar refractivity (Wildman–Crippen MR) is 81.4 cm³/mol. The Morgan fingerprint density at radius 1 is 1.20 bits per heavy atom. The molecule has 2 rings (SSSR count). The minimum Gasteiger partial charge on any atom is -0.455 e. The number of hydrogen-bond acceptors (Lipinski definition) is 5. The Morgan fingerprint density at radius 2 is 2.00 bits per heavy atom. The molecule has 2 aromatic rings. The second-order valence-corrected chi connectivity index (χ2v) is 5.65. The molecule has 1 aromatic heterocycles. The normalized spacial score (nSPS) is 11.3. The average molecular weight is 332 g/mol. The minimum atomic E-state index is 0.0718. The summed E-state index contributed by atoms with van der Waals surface area (Å²) >= 11 is 13.9. The first-order valence-electron chi connectivity index (χ1n) is 5.66. The largest absolute Gasteiger partial charge is 0.455 e. The number of rotatable bonds is 5. The number of furan rings is 1. The van der Waals surface area contributed by atoms with Crippen LogP contribution in [0.15, 0.2) is 38.7 Å². The SMILES string of the molecule is OCCSc1ccc(-c2ccc(/C=N/O)o2)c(Cl)c1Cl. The maximum absolute atomic E-state index is 8.83. The van der Waals surface area contributed by atoms with E-state index in [0.717, 1.165) is 4.90 Å². The fraction of sp³-hybridized carbons (Fsp3) is 0.154. The smallest absolute Gasteiger partial charge is 0.149 e. The highest BCUT2D eigenvalue weighted by molar-refractivity contribution is 7.99. The molecule has 0 fully saturated rings. The number of oxime groups is 1. The van der Waals surface area contributed by atoms with E-state index in [1.54, 1.807) is 18.2 Å². The lowest BCUT2D eigenvalue weighted by Crippen LogP contribution is -1.87. The quantitative estimate of drug-likeness (QED) is 0.374. The molecule has 0 radical (unpaired) electrons. The lowest BCUT2D eigenvalue weighted by Gasteiger charge is -2.08. The molecule has 4 nitrogen and oxygen atoms in total. The third-order valence-corrected chi connectivity index (χ3v) is 4.50. The third kappa shape index (κ3) is 3.30. The van der Waals surface area contributed by atoms with Gasteiger partial charge in [-0.05, 0) is 24.3 Å². The molecule has 0 amide bonds. The summed E-state index contributed by atoms with van der Waals surface area (Å²) in [6, 6.07) is 7.00. The molecule has 0 spiro atoms. The lowest BCUT2D eigenvalue weighted by atomic mass is 10.2. The zero-order valence-electron chi connectivity index (χ0n) is 10.2. The van der Waals surface area contributed by atoms with Gasteiger partial charge in [0.15, 0.2) is 0 Å². The fourth-order valence-corrected chi connectivity index (χ4v) is 2.96. The number of nitrogens with zero attached hydrogens (tertiary/aromatic N) is 1. The van der Waals surface area contributed by atoms with Gasteiger partial charge < -0.3 is 14.7 Å². The van der Waals surface area contributed by atoms with E-state index in [-0.39, 0.29) is 6.61 Å². The van der Waals surface area contributed by atoms with Crippen molar-refractivity contribution in [1.82, 2.24) is 0 Å². The fourth-order valence-electron chi connectivity index (χ4n) is 1.61. The Balaban J connectivity index is 2.34. The minimum absolute atomic E-state index is 0.0718. The standard InChI is InChI=1S/C13H11Cl2NO3S/c14-12-9(10-3-1-8(19-10)7-16-18)2-4-11(13(12)15)20-6-5-17/h1-4,7,17-18H,5-6H2/b16-7+. The van der Waals surface area contributed by atoms with E-state index < -0.39 is 0 Å². The topological polar surface area (TPSA) is 66.0 Å². The Morgan fingerprint density at radius 3 is 2.70 bits per heavy atom. The molecule has 0 bridgehead atoms. The lowest BCUT2D eigenvalue weighted by molar-refractivity contribution is 0.320. The van der Waals surface area contributed by atoms with Crippen LogP contribution in [0.5, 0.6) is 0 Å². The summed E-state index contributed by atoms with van der Waals surface area (Å²) in [5.74, 6) is 1.49. The molecule has 0 aliphatic carbocycles. The highest BCUT2D eigenvalue weighted by Gasteiger charge is 2.14. The summed E-state index contributed by atoms with van der Waals surface area (Å²) in [7, 11) is 0. The summed E-state index contributed by atoms with van der Waals surface area (Å²) in [6.07, 6.45) is 1.19. The zero-order chi connectivity index (χ0) is 14.5. The van der Waals surface area contributed by atoms with Crippen LogP contribution in [0.2, 0.25) is 10.0 Å². The molecule has 1 heterocycles.